The van der Waals surface area contributed by atoms with E-state index in [2.05, 4.69) is 5.32 Å². The first-order chi connectivity index (χ1) is 11.9. The number of furan rings is 1. The molecular weight excluding hydrogens is 318 g/mol. The molecule has 2 N–H and O–H groups in total. The van der Waals surface area contributed by atoms with Crippen LogP contribution in [0.25, 0.3) is 11.3 Å². The monoisotopic (exact) mass is 335 g/mol. The lowest BCUT2D eigenvalue weighted by Gasteiger charge is -2.09. The molecule has 0 bridgehead atoms. The molecule has 0 atom stereocenters. The van der Waals surface area contributed by atoms with E-state index in [1.54, 1.807) is 30.3 Å². The molecule has 5 heteroatoms. The van der Waals surface area contributed by atoms with Crippen molar-refractivity contribution in [2.45, 2.75) is 13.8 Å². The number of amides is 1. The van der Waals surface area contributed by atoms with Gasteiger partial charge in [-0.15, -0.1) is 0 Å². The smallest absolute Gasteiger partial charge is 0.335 e. The van der Waals surface area contributed by atoms with Gasteiger partial charge in [-0.25, -0.2) is 4.79 Å². The summed E-state index contributed by atoms with van der Waals surface area (Å²) in [5, 5.41) is 12.1. The Labute approximate surface area is 144 Å². The quantitative estimate of drug-likeness (QED) is 0.735. The largest absolute Gasteiger partial charge is 0.478 e. The fraction of sp³-hybridized carbons (Fsp3) is 0.100. The molecule has 0 aliphatic rings. The molecule has 0 saturated heterocycles. The molecule has 0 aliphatic heterocycles. The van der Waals surface area contributed by atoms with Gasteiger partial charge in [-0.05, 0) is 56.3 Å². The lowest BCUT2D eigenvalue weighted by atomic mass is 10.1. The van der Waals surface area contributed by atoms with Crippen LogP contribution in [0.2, 0.25) is 0 Å². The Bertz CT molecular complexity index is 939. The number of rotatable bonds is 4. The zero-order chi connectivity index (χ0) is 18.0. The highest BCUT2D eigenvalue weighted by molar-refractivity contribution is 6.05. The Balaban J connectivity index is 1.94. The van der Waals surface area contributed by atoms with E-state index in [-0.39, 0.29) is 11.5 Å². The van der Waals surface area contributed by atoms with Crippen molar-refractivity contribution in [1.29, 1.82) is 0 Å². The minimum atomic E-state index is -1.07. The topological polar surface area (TPSA) is 79.5 Å². The molecule has 2 aromatic carbocycles. The van der Waals surface area contributed by atoms with Crippen LogP contribution >= 0.6 is 0 Å². The van der Waals surface area contributed by atoms with Gasteiger partial charge in [0.2, 0.25) is 0 Å². The standard InChI is InChI=1S/C20H17NO4/c1-12-3-6-14(7-4-12)19(22)21-17-10-15(9-16(11-17)20(23)24)18-8-5-13(2)25-18/h3-11H,1-2H3,(H,21,22)(H,23,24). The predicted molar refractivity (Wildman–Crippen MR) is 95.0 cm³/mol. The van der Waals surface area contributed by atoms with E-state index in [1.165, 1.54) is 12.1 Å². The average molecular weight is 335 g/mol. The van der Waals surface area contributed by atoms with Crippen LogP contribution in [0.4, 0.5) is 5.69 Å². The number of carbonyl (C=O) groups excluding carboxylic acids is 1. The Morgan fingerprint density at radius 1 is 0.920 bits per heavy atom. The van der Waals surface area contributed by atoms with Crippen LogP contribution in [0.15, 0.2) is 59.0 Å². The molecule has 0 spiro atoms. The second kappa shape index (κ2) is 6.65. The second-order valence-corrected chi connectivity index (χ2v) is 5.83. The molecule has 5 nitrogen and oxygen atoms in total. The molecule has 25 heavy (non-hydrogen) atoms. The summed E-state index contributed by atoms with van der Waals surface area (Å²) in [6.45, 7) is 3.75. The van der Waals surface area contributed by atoms with E-state index < -0.39 is 5.97 Å². The molecule has 3 aromatic rings. The number of anilines is 1. The summed E-state index contributed by atoms with van der Waals surface area (Å²) in [4.78, 5) is 23.8. The SMILES string of the molecule is Cc1ccc(C(=O)Nc2cc(C(=O)O)cc(-c3ccc(C)o3)c2)cc1. The highest BCUT2D eigenvalue weighted by atomic mass is 16.4. The highest BCUT2D eigenvalue weighted by Crippen LogP contribution is 2.27. The van der Waals surface area contributed by atoms with E-state index in [1.807, 2.05) is 26.0 Å². The van der Waals surface area contributed by atoms with E-state index in [0.717, 1.165) is 11.3 Å². The van der Waals surface area contributed by atoms with Gasteiger partial charge in [-0.1, -0.05) is 17.7 Å². The van der Waals surface area contributed by atoms with Gasteiger partial charge in [0, 0.05) is 16.8 Å². The van der Waals surface area contributed by atoms with Crippen molar-refractivity contribution in [2.24, 2.45) is 0 Å². The van der Waals surface area contributed by atoms with Gasteiger partial charge >= 0.3 is 5.97 Å². The molecule has 0 fully saturated rings. The Morgan fingerprint density at radius 3 is 2.24 bits per heavy atom. The maximum atomic E-state index is 12.4. The highest BCUT2D eigenvalue weighted by Gasteiger charge is 2.13. The van der Waals surface area contributed by atoms with Gasteiger partial charge in [0.05, 0.1) is 5.56 Å². The van der Waals surface area contributed by atoms with Crippen molar-refractivity contribution in [3.05, 3.63) is 77.0 Å². The van der Waals surface area contributed by atoms with Crippen molar-refractivity contribution < 1.29 is 19.1 Å². The fourth-order valence-electron chi connectivity index (χ4n) is 2.46. The molecule has 1 heterocycles. The van der Waals surface area contributed by atoms with Crippen molar-refractivity contribution in [3.8, 4) is 11.3 Å². The minimum Gasteiger partial charge on any atom is -0.478 e. The third kappa shape index (κ3) is 3.77. The van der Waals surface area contributed by atoms with Gasteiger partial charge < -0.3 is 14.8 Å². The first kappa shape index (κ1) is 16.5. The van der Waals surface area contributed by atoms with Gasteiger partial charge in [0.1, 0.15) is 11.5 Å². The van der Waals surface area contributed by atoms with Crippen molar-refractivity contribution >= 4 is 17.6 Å². The molecule has 0 unspecified atom stereocenters. The summed E-state index contributed by atoms with van der Waals surface area (Å²) in [6.07, 6.45) is 0. The first-order valence-electron chi connectivity index (χ1n) is 7.75. The fourth-order valence-corrected chi connectivity index (χ4v) is 2.46. The van der Waals surface area contributed by atoms with E-state index in [9.17, 15) is 14.7 Å². The first-order valence-corrected chi connectivity index (χ1v) is 7.75. The summed E-state index contributed by atoms with van der Waals surface area (Å²) in [5.74, 6) is -0.104. The van der Waals surface area contributed by atoms with Crippen LogP contribution in [0.1, 0.15) is 32.0 Å². The zero-order valence-electron chi connectivity index (χ0n) is 13.9. The third-order valence-electron chi connectivity index (χ3n) is 3.78. The third-order valence-corrected chi connectivity index (χ3v) is 3.78. The van der Waals surface area contributed by atoms with Crippen LogP contribution in [0, 0.1) is 13.8 Å². The average Bonchev–Trinajstić information content (AvgIpc) is 3.01. The predicted octanol–water partition coefficient (Wildman–Crippen LogP) is 4.51. The normalized spacial score (nSPS) is 10.5. The summed E-state index contributed by atoms with van der Waals surface area (Å²) in [5.41, 5.74) is 2.62. The van der Waals surface area contributed by atoms with Crippen LogP contribution in [-0.4, -0.2) is 17.0 Å². The van der Waals surface area contributed by atoms with Gasteiger partial charge in [0.25, 0.3) is 5.91 Å². The molecule has 3 rings (SSSR count). The number of hydrogen-bond acceptors (Lipinski definition) is 3. The Kier molecular flexibility index (Phi) is 4.39. The number of carboxylic acids is 1. The van der Waals surface area contributed by atoms with Gasteiger partial charge in [-0.3, -0.25) is 4.79 Å². The zero-order valence-corrected chi connectivity index (χ0v) is 13.9. The number of nitrogens with one attached hydrogen (secondary N) is 1. The summed E-state index contributed by atoms with van der Waals surface area (Å²) in [7, 11) is 0. The molecule has 1 amide bonds. The van der Waals surface area contributed by atoms with E-state index in [0.29, 0.717) is 22.6 Å². The number of aryl methyl sites for hydroxylation is 2. The Hall–Kier alpha value is -3.34. The van der Waals surface area contributed by atoms with Crippen molar-refractivity contribution in [2.75, 3.05) is 5.32 Å². The number of aromatic carboxylic acids is 1. The van der Waals surface area contributed by atoms with Crippen LogP contribution in [0.3, 0.4) is 0 Å². The maximum absolute atomic E-state index is 12.4. The van der Waals surface area contributed by atoms with Crippen LogP contribution < -0.4 is 5.32 Å². The number of benzene rings is 2. The van der Waals surface area contributed by atoms with Crippen LogP contribution in [-0.2, 0) is 0 Å². The van der Waals surface area contributed by atoms with Gasteiger partial charge in [0.15, 0.2) is 0 Å². The van der Waals surface area contributed by atoms with E-state index >= 15 is 0 Å². The van der Waals surface area contributed by atoms with Gasteiger partial charge in [-0.2, -0.15) is 0 Å². The van der Waals surface area contributed by atoms with Crippen molar-refractivity contribution in [3.63, 3.8) is 0 Å². The summed E-state index contributed by atoms with van der Waals surface area (Å²) >= 11 is 0. The maximum Gasteiger partial charge on any atom is 0.335 e. The number of carbonyl (C=O) groups is 2. The molecule has 0 radical (unpaired) electrons. The number of hydrogen-bond donors (Lipinski definition) is 2. The van der Waals surface area contributed by atoms with Crippen LogP contribution in [0.5, 0.6) is 0 Å². The second-order valence-electron chi connectivity index (χ2n) is 5.83. The lowest BCUT2D eigenvalue weighted by molar-refractivity contribution is 0.0696. The number of carboxylic acid groups (broad SMARTS) is 1. The summed E-state index contributed by atoms with van der Waals surface area (Å²) in [6, 6.07) is 15.3. The summed E-state index contributed by atoms with van der Waals surface area (Å²) < 4.78 is 5.56. The molecule has 1 aromatic heterocycles. The lowest BCUT2D eigenvalue weighted by Crippen LogP contribution is -2.12. The Morgan fingerprint density at radius 2 is 1.64 bits per heavy atom. The molecular formula is C20H17NO4. The molecule has 0 aliphatic carbocycles. The minimum absolute atomic E-state index is 0.0748. The van der Waals surface area contributed by atoms with E-state index in [4.69, 9.17) is 4.42 Å². The van der Waals surface area contributed by atoms with Crippen molar-refractivity contribution in [1.82, 2.24) is 0 Å². The molecule has 0 saturated carbocycles. The molecule has 126 valence electrons.